The van der Waals surface area contributed by atoms with Crippen LogP contribution in [0.25, 0.3) is 0 Å². The van der Waals surface area contributed by atoms with Gasteiger partial charge in [0.15, 0.2) is 0 Å². The lowest BCUT2D eigenvalue weighted by Crippen LogP contribution is -2.18. The molecule has 0 aliphatic rings. The molecule has 0 saturated carbocycles. The molecule has 0 bridgehead atoms. The summed E-state index contributed by atoms with van der Waals surface area (Å²) in [5.74, 6) is -0.882. The van der Waals surface area contributed by atoms with Gasteiger partial charge in [0.2, 0.25) is 0 Å². The van der Waals surface area contributed by atoms with Crippen molar-refractivity contribution < 1.29 is 9.90 Å². The molecule has 0 spiro atoms. The van der Waals surface area contributed by atoms with E-state index in [1.54, 1.807) is 12.1 Å². The van der Waals surface area contributed by atoms with Crippen LogP contribution in [-0.2, 0) is 13.0 Å². The Bertz CT molecular complexity index is 640. The highest BCUT2D eigenvalue weighted by molar-refractivity contribution is 6.31. The first-order chi connectivity index (χ1) is 10.1. The Morgan fingerprint density at radius 3 is 2.67 bits per heavy atom. The third-order valence-corrected chi connectivity index (χ3v) is 3.69. The Morgan fingerprint density at radius 1 is 1.19 bits per heavy atom. The van der Waals surface area contributed by atoms with E-state index >= 15 is 0 Å². The van der Waals surface area contributed by atoms with E-state index in [2.05, 4.69) is 5.32 Å². The van der Waals surface area contributed by atoms with Crippen LogP contribution >= 0.6 is 11.6 Å². The van der Waals surface area contributed by atoms with E-state index in [1.807, 2.05) is 37.3 Å². The fourth-order valence-electron chi connectivity index (χ4n) is 2.19. The van der Waals surface area contributed by atoms with Gasteiger partial charge in [-0.05, 0) is 48.7 Å². The number of carbonyl (C=O) groups is 1. The van der Waals surface area contributed by atoms with Gasteiger partial charge in [0.25, 0.3) is 0 Å². The number of aryl methyl sites for hydroxylation is 1. The number of benzene rings is 2. The molecule has 0 aliphatic carbocycles. The summed E-state index contributed by atoms with van der Waals surface area (Å²) in [5, 5.41) is 13.2. The molecule has 21 heavy (non-hydrogen) atoms. The van der Waals surface area contributed by atoms with E-state index in [0.29, 0.717) is 25.1 Å². The summed E-state index contributed by atoms with van der Waals surface area (Å²) in [6.45, 7) is 3.38. The number of hydrogen-bond donors (Lipinski definition) is 2. The Kier molecular flexibility index (Phi) is 5.37. The Balaban J connectivity index is 1.89. The molecule has 2 aromatic carbocycles. The van der Waals surface area contributed by atoms with Crippen LogP contribution in [-0.4, -0.2) is 17.6 Å². The van der Waals surface area contributed by atoms with Gasteiger partial charge in [-0.25, -0.2) is 4.79 Å². The second-order valence-corrected chi connectivity index (χ2v) is 5.39. The molecule has 3 nitrogen and oxygen atoms in total. The number of aromatic carboxylic acids is 1. The van der Waals surface area contributed by atoms with Crippen molar-refractivity contribution in [1.29, 1.82) is 0 Å². The Hall–Kier alpha value is -1.84. The molecule has 2 N–H and O–H groups in total. The van der Waals surface area contributed by atoms with Crippen LogP contribution < -0.4 is 5.32 Å². The SMILES string of the molecule is Cc1ccc(CNCCc2ccccc2C(=O)O)c(Cl)c1. The topological polar surface area (TPSA) is 49.3 Å². The van der Waals surface area contributed by atoms with E-state index in [-0.39, 0.29) is 0 Å². The highest BCUT2D eigenvalue weighted by Gasteiger charge is 2.08. The Labute approximate surface area is 129 Å². The standard InChI is InChI=1S/C17H18ClNO2/c1-12-6-7-14(16(18)10-12)11-19-9-8-13-4-2-3-5-15(13)17(20)21/h2-7,10,19H,8-9,11H2,1H3,(H,20,21). The van der Waals surface area contributed by atoms with Crippen LogP contribution in [0.4, 0.5) is 0 Å². The van der Waals surface area contributed by atoms with Crippen molar-refractivity contribution in [2.24, 2.45) is 0 Å². The van der Waals surface area contributed by atoms with Crippen molar-refractivity contribution in [3.05, 3.63) is 69.7 Å². The zero-order valence-electron chi connectivity index (χ0n) is 11.9. The van der Waals surface area contributed by atoms with Gasteiger partial charge < -0.3 is 10.4 Å². The second kappa shape index (κ2) is 7.25. The first kappa shape index (κ1) is 15.5. The van der Waals surface area contributed by atoms with Crippen molar-refractivity contribution in [2.45, 2.75) is 19.9 Å². The van der Waals surface area contributed by atoms with E-state index in [1.165, 1.54) is 0 Å². The zero-order valence-corrected chi connectivity index (χ0v) is 12.7. The lowest BCUT2D eigenvalue weighted by atomic mass is 10.0. The molecular formula is C17H18ClNO2. The normalized spacial score (nSPS) is 10.6. The highest BCUT2D eigenvalue weighted by Crippen LogP contribution is 2.17. The number of rotatable bonds is 6. The van der Waals surface area contributed by atoms with Gasteiger partial charge in [0.05, 0.1) is 5.56 Å². The summed E-state index contributed by atoms with van der Waals surface area (Å²) < 4.78 is 0. The summed E-state index contributed by atoms with van der Waals surface area (Å²) in [7, 11) is 0. The first-order valence-electron chi connectivity index (χ1n) is 6.85. The third kappa shape index (κ3) is 4.31. The molecule has 0 aromatic heterocycles. The van der Waals surface area contributed by atoms with Crippen LogP contribution in [0.15, 0.2) is 42.5 Å². The van der Waals surface area contributed by atoms with Crippen LogP contribution in [0.1, 0.15) is 27.0 Å². The fraction of sp³-hybridized carbons (Fsp3) is 0.235. The van der Waals surface area contributed by atoms with Gasteiger partial charge in [-0.3, -0.25) is 0 Å². The van der Waals surface area contributed by atoms with Crippen molar-refractivity contribution >= 4 is 17.6 Å². The molecule has 0 heterocycles. The largest absolute Gasteiger partial charge is 0.478 e. The Morgan fingerprint density at radius 2 is 1.95 bits per heavy atom. The summed E-state index contributed by atoms with van der Waals surface area (Å²) in [6, 6.07) is 13.1. The van der Waals surface area contributed by atoms with Gasteiger partial charge in [-0.1, -0.05) is 41.9 Å². The van der Waals surface area contributed by atoms with E-state index in [0.717, 1.165) is 21.7 Å². The second-order valence-electron chi connectivity index (χ2n) is 4.98. The molecular weight excluding hydrogens is 286 g/mol. The molecule has 0 saturated heterocycles. The monoisotopic (exact) mass is 303 g/mol. The predicted octanol–water partition coefficient (Wildman–Crippen LogP) is 3.68. The summed E-state index contributed by atoms with van der Waals surface area (Å²) >= 11 is 6.17. The number of carboxylic acid groups (broad SMARTS) is 1. The molecule has 0 amide bonds. The maximum Gasteiger partial charge on any atom is 0.335 e. The maximum absolute atomic E-state index is 11.1. The van der Waals surface area contributed by atoms with Crippen molar-refractivity contribution in [1.82, 2.24) is 5.32 Å². The van der Waals surface area contributed by atoms with Crippen molar-refractivity contribution in [3.63, 3.8) is 0 Å². The molecule has 0 fully saturated rings. The van der Waals surface area contributed by atoms with Crippen molar-refractivity contribution in [3.8, 4) is 0 Å². The lowest BCUT2D eigenvalue weighted by molar-refractivity contribution is 0.0695. The number of carboxylic acids is 1. The van der Waals surface area contributed by atoms with Gasteiger partial charge >= 0.3 is 5.97 Å². The minimum Gasteiger partial charge on any atom is -0.478 e. The quantitative estimate of drug-likeness (QED) is 0.800. The van der Waals surface area contributed by atoms with Gasteiger partial charge in [-0.2, -0.15) is 0 Å². The minimum atomic E-state index is -0.882. The molecule has 4 heteroatoms. The molecule has 110 valence electrons. The average Bonchev–Trinajstić information content (AvgIpc) is 2.45. The third-order valence-electron chi connectivity index (χ3n) is 3.34. The summed E-state index contributed by atoms with van der Waals surface area (Å²) in [4.78, 5) is 11.1. The van der Waals surface area contributed by atoms with E-state index in [4.69, 9.17) is 16.7 Å². The molecule has 2 rings (SSSR count). The van der Waals surface area contributed by atoms with Gasteiger partial charge in [-0.15, -0.1) is 0 Å². The van der Waals surface area contributed by atoms with Crippen molar-refractivity contribution in [2.75, 3.05) is 6.54 Å². The molecule has 0 aliphatic heterocycles. The zero-order chi connectivity index (χ0) is 15.2. The van der Waals surface area contributed by atoms with E-state index < -0.39 is 5.97 Å². The average molecular weight is 304 g/mol. The number of nitrogens with one attached hydrogen (secondary N) is 1. The minimum absolute atomic E-state index is 0.368. The lowest BCUT2D eigenvalue weighted by Gasteiger charge is -2.09. The van der Waals surface area contributed by atoms with Crippen LogP contribution in [0, 0.1) is 6.92 Å². The number of hydrogen-bond acceptors (Lipinski definition) is 2. The fourth-order valence-corrected chi connectivity index (χ4v) is 2.49. The van der Waals surface area contributed by atoms with Crippen LogP contribution in [0.2, 0.25) is 5.02 Å². The maximum atomic E-state index is 11.1. The van der Waals surface area contributed by atoms with Crippen LogP contribution in [0.3, 0.4) is 0 Å². The number of halogens is 1. The van der Waals surface area contributed by atoms with E-state index in [9.17, 15) is 4.79 Å². The molecule has 0 radical (unpaired) electrons. The smallest absolute Gasteiger partial charge is 0.335 e. The summed E-state index contributed by atoms with van der Waals surface area (Å²) in [6.07, 6.45) is 0.673. The molecule has 0 unspecified atom stereocenters. The highest BCUT2D eigenvalue weighted by atomic mass is 35.5. The van der Waals surface area contributed by atoms with Crippen LogP contribution in [0.5, 0.6) is 0 Å². The van der Waals surface area contributed by atoms with Gasteiger partial charge in [0.1, 0.15) is 0 Å². The molecule has 2 aromatic rings. The summed E-state index contributed by atoms with van der Waals surface area (Å²) in [5.41, 5.74) is 3.40. The predicted molar refractivity (Wildman–Crippen MR) is 85.0 cm³/mol. The first-order valence-corrected chi connectivity index (χ1v) is 7.22. The van der Waals surface area contributed by atoms with Gasteiger partial charge in [0, 0.05) is 11.6 Å². The molecule has 0 atom stereocenters.